The number of likely N-dealkylation sites (tertiary alicyclic amines) is 1. The van der Waals surface area contributed by atoms with Crippen molar-refractivity contribution in [3.8, 4) is 11.3 Å². The second kappa shape index (κ2) is 8.19. The minimum atomic E-state index is -0.603. The van der Waals surface area contributed by atoms with Gasteiger partial charge in [-0.25, -0.2) is 23.9 Å². The molecule has 3 amide bonds. The Morgan fingerprint density at radius 3 is 2.71 bits per heavy atom. The van der Waals surface area contributed by atoms with Gasteiger partial charge in [0.2, 0.25) is 5.78 Å². The van der Waals surface area contributed by atoms with Gasteiger partial charge in [-0.2, -0.15) is 0 Å². The van der Waals surface area contributed by atoms with Crippen molar-refractivity contribution in [1.82, 2.24) is 19.3 Å². The zero-order valence-corrected chi connectivity index (χ0v) is 17.0. The van der Waals surface area contributed by atoms with Gasteiger partial charge in [0, 0.05) is 42.8 Å². The van der Waals surface area contributed by atoms with Crippen LogP contribution in [0.15, 0.2) is 36.8 Å². The lowest BCUT2D eigenvalue weighted by Gasteiger charge is -2.36. The molecule has 0 spiro atoms. The molecule has 0 atom stereocenters. The van der Waals surface area contributed by atoms with Crippen LogP contribution in [-0.2, 0) is 4.74 Å². The lowest BCUT2D eigenvalue weighted by atomic mass is 10.1. The molecule has 4 rings (SSSR count). The third kappa shape index (κ3) is 4.56. The molecule has 0 aliphatic carbocycles. The number of carbonyl (C=O) groups excluding carboxylic acids is 2. The lowest BCUT2D eigenvalue weighted by Crippen LogP contribution is -2.58. The molecule has 1 aliphatic rings. The van der Waals surface area contributed by atoms with E-state index in [1.165, 1.54) is 24.4 Å². The first-order valence-electron chi connectivity index (χ1n) is 9.72. The third-order valence-corrected chi connectivity index (χ3v) is 4.59. The standard InChI is InChI=1S/C20H22FN7O3/c1-11(2)31-20(30)25-14-6-23-18-26-17(10-27(18)9-14)15-5-13(3-4-16(15)21)24-19(29)28-7-12(22)8-28/h3-6,9-12H,7-8,22H2,1-2H3,(H,24,29)(H,25,30). The van der Waals surface area contributed by atoms with Gasteiger partial charge in [-0.3, -0.25) is 9.72 Å². The molecule has 3 aromatic rings. The number of benzene rings is 1. The molecule has 3 heterocycles. The van der Waals surface area contributed by atoms with E-state index < -0.39 is 11.9 Å². The van der Waals surface area contributed by atoms with E-state index in [0.717, 1.165) is 0 Å². The Hall–Kier alpha value is -3.73. The number of aromatic nitrogens is 3. The number of imidazole rings is 1. The number of hydrogen-bond donors (Lipinski definition) is 3. The van der Waals surface area contributed by atoms with Crippen LogP contribution in [0.25, 0.3) is 17.0 Å². The average Bonchev–Trinajstić information content (AvgIpc) is 3.09. The van der Waals surface area contributed by atoms with Crippen molar-refractivity contribution in [2.24, 2.45) is 5.73 Å². The fraction of sp³-hybridized carbons (Fsp3) is 0.300. The van der Waals surface area contributed by atoms with Gasteiger partial charge in [-0.05, 0) is 32.0 Å². The van der Waals surface area contributed by atoms with Crippen LogP contribution in [0.3, 0.4) is 0 Å². The molecule has 162 valence electrons. The number of nitrogens with two attached hydrogens (primary N) is 1. The summed E-state index contributed by atoms with van der Waals surface area (Å²) in [6.45, 7) is 4.46. The molecular weight excluding hydrogens is 405 g/mol. The average molecular weight is 427 g/mol. The van der Waals surface area contributed by atoms with Crippen molar-refractivity contribution in [3.63, 3.8) is 0 Å². The predicted molar refractivity (Wildman–Crippen MR) is 112 cm³/mol. The molecule has 0 radical (unpaired) electrons. The summed E-state index contributed by atoms with van der Waals surface area (Å²) in [7, 11) is 0. The first kappa shape index (κ1) is 20.5. The predicted octanol–water partition coefficient (Wildman–Crippen LogP) is 2.67. The van der Waals surface area contributed by atoms with E-state index in [1.807, 2.05) is 0 Å². The number of hydrogen-bond acceptors (Lipinski definition) is 6. The van der Waals surface area contributed by atoms with Crippen molar-refractivity contribution < 1.29 is 18.7 Å². The molecule has 0 saturated carbocycles. The first-order valence-corrected chi connectivity index (χ1v) is 9.72. The van der Waals surface area contributed by atoms with Gasteiger partial charge < -0.3 is 20.7 Å². The quantitative estimate of drug-likeness (QED) is 0.588. The number of carbonyl (C=O) groups is 2. The number of urea groups is 1. The Labute approximate surface area is 177 Å². The fourth-order valence-corrected chi connectivity index (χ4v) is 3.12. The van der Waals surface area contributed by atoms with Crippen LogP contribution in [0.2, 0.25) is 0 Å². The Morgan fingerprint density at radius 2 is 2.00 bits per heavy atom. The molecule has 2 aromatic heterocycles. The van der Waals surface area contributed by atoms with Gasteiger partial charge in [-0.1, -0.05) is 0 Å². The second-order valence-electron chi connectivity index (χ2n) is 7.54. The molecule has 1 fully saturated rings. The molecule has 1 saturated heterocycles. The SMILES string of the molecule is CC(C)OC(=O)Nc1cnc2nc(-c3cc(NC(=O)N4CC(N)C4)ccc3F)cn2c1. The van der Waals surface area contributed by atoms with Crippen LogP contribution >= 0.6 is 0 Å². The molecular formula is C20H22FN7O3. The Kier molecular flexibility index (Phi) is 5.42. The van der Waals surface area contributed by atoms with E-state index in [4.69, 9.17) is 10.5 Å². The normalized spacial score (nSPS) is 13.9. The molecule has 1 aliphatic heterocycles. The molecule has 11 heteroatoms. The first-order chi connectivity index (χ1) is 14.8. The molecule has 4 N–H and O–H groups in total. The maximum absolute atomic E-state index is 14.5. The number of rotatable bonds is 4. The number of amides is 3. The van der Waals surface area contributed by atoms with E-state index >= 15 is 0 Å². The number of ether oxygens (including phenoxy) is 1. The summed E-state index contributed by atoms with van der Waals surface area (Å²) in [6, 6.07) is 3.95. The monoisotopic (exact) mass is 427 g/mol. The Bertz CT molecular complexity index is 1140. The number of fused-ring (bicyclic) bond motifs is 1. The van der Waals surface area contributed by atoms with E-state index in [1.54, 1.807) is 35.5 Å². The topological polar surface area (TPSA) is 127 Å². The summed E-state index contributed by atoms with van der Waals surface area (Å²) in [5.41, 5.74) is 7.07. The summed E-state index contributed by atoms with van der Waals surface area (Å²) >= 11 is 0. The van der Waals surface area contributed by atoms with Crippen LogP contribution in [0, 0.1) is 5.82 Å². The third-order valence-electron chi connectivity index (χ3n) is 4.59. The largest absolute Gasteiger partial charge is 0.447 e. The maximum atomic E-state index is 14.5. The Balaban J connectivity index is 1.55. The van der Waals surface area contributed by atoms with Gasteiger partial charge in [0.05, 0.1) is 23.7 Å². The fourth-order valence-electron chi connectivity index (χ4n) is 3.12. The lowest BCUT2D eigenvalue weighted by molar-refractivity contribution is 0.130. The van der Waals surface area contributed by atoms with E-state index in [-0.39, 0.29) is 23.7 Å². The maximum Gasteiger partial charge on any atom is 0.411 e. The van der Waals surface area contributed by atoms with Crippen molar-refractivity contribution in [3.05, 3.63) is 42.6 Å². The minimum absolute atomic E-state index is 0.00777. The molecule has 0 unspecified atom stereocenters. The highest BCUT2D eigenvalue weighted by Gasteiger charge is 2.27. The summed E-state index contributed by atoms with van der Waals surface area (Å²) in [5, 5.41) is 5.31. The summed E-state index contributed by atoms with van der Waals surface area (Å²) < 4.78 is 21.1. The smallest absolute Gasteiger partial charge is 0.411 e. The summed E-state index contributed by atoms with van der Waals surface area (Å²) in [5.74, 6) is -0.174. The number of nitrogens with one attached hydrogen (secondary N) is 2. The molecule has 31 heavy (non-hydrogen) atoms. The highest BCUT2D eigenvalue weighted by atomic mass is 19.1. The van der Waals surface area contributed by atoms with Crippen molar-refractivity contribution >= 4 is 29.3 Å². The van der Waals surface area contributed by atoms with E-state index in [0.29, 0.717) is 35.9 Å². The van der Waals surface area contributed by atoms with E-state index in [9.17, 15) is 14.0 Å². The van der Waals surface area contributed by atoms with Crippen molar-refractivity contribution in [1.29, 1.82) is 0 Å². The molecule has 10 nitrogen and oxygen atoms in total. The van der Waals surface area contributed by atoms with Crippen molar-refractivity contribution in [2.75, 3.05) is 23.7 Å². The van der Waals surface area contributed by atoms with Gasteiger partial charge >= 0.3 is 12.1 Å². The van der Waals surface area contributed by atoms with Crippen LogP contribution in [0.4, 0.5) is 25.4 Å². The second-order valence-corrected chi connectivity index (χ2v) is 7.54. The number of halogens is 1. The summed E-state index contributed by atoms with van der Waals surface area (Å²) in [4.78, 5) is 34.0. The highest BCUT2D eigenvalue weighted by molar-refractivity contribution is 5.90. The van der Waals surface area contributed by atoms with Crippen LogP contribution < -0.4 is 16.4 Å². The van der Waals surface area contributed by atoms with E-state index in [2.05, 4.69) is 20.6 Å². The van der Waals surface area contributed by atoms with Crippen LogP contribution in [0.1, 0.15) is 13.8 Å². The summed E-state index contributed by atoms with van der Waals surface area (Å²) in [6.07, 6.45) is 3.74. The zero-order chi connectivity index (χ0) is 22.1. The van der Waals surface area contributed by atoms with Gasteiger partial charge in [-0.15, -0.1) is 0 Å². The van der Waals surface area contributed by atoms with Crippen molar-refractivity contribution in [2.45, 2.75) is 26.0 Å². The zero-order valence-electron chi connectivity index (χ0n) is 17.0. The minimum Gasteiger partial charge on any atom is -0.447 e. The highest BCUT2D eigenvalue weighted by Crippen LogP contribution is 2.26. The molecule has 0 bridgehead atoms. The molecule has 1 aromatic carbocycles. The Morgan fingerprint density at radius 1 is 1.23 bits per heavy atom. The van der Waals surface area contributed by atoms with Crippen LogP contribution in [0.5, 0.6) is 0 Å². The van der Waals surface area contributed by atoms with Crippen LogP contribution in [-0.4, -0.2) is 56.6 Å². The van der Waals surface area contributed by atoms with Gasteiger partial charge in [0.15, 0.2) is 0 Å². The number of nitrogens with zero attached hydrogens (tertiary/aromatic N) is 4. The number of anilines is 2. The van der Waals surface area contributed by atoms with Gasteiger partial charge in [0.25, 0.3) is 0 Å². The van der Waals surface area contributed by atoms with Gasteiger partial charge in [0.1, 0.15) is 5.82 Å².